The Kier molecular flexibility index (Phi) is 3.44. The zero-order valence-electron chi connectivity index (χ0n) is 11.3. The van der Waals surface area contributed by atoms with Crippen LogP contribution in [0.4, 0.5) is 0 Å². The summed E-state index contributed by atoms with van der Waals surface area (Å²) >= 11 is 0. The average Bonchev–Trinajstić information content (AvgIpc) is 2.61. The van der Waals surface area contributed by atoms with Crippen molar-refractivity contribution in [1.82, 2.24) is 4.90 Å². The van der Waals surface area contributed by atoms with Crippen LogP contribution in [0.5, 0.6) is 0 Å². The summed E-state index contributed by atoms with van der Waals surface area (Å²) in [7, 11) is 0. The van der Waals surface area contributed by atoms with E-state index in [0.717, 1.165) is 5.56 Å². The predicted octanol–water partition coefficient (Wildman–Crippen LogP) is 2.22. The molecular weight excluding hydrogens is 226 g/mol. The molecule has 1 saturated heterocycles. The van der Waals surface area contributed by atoms with Crippen molar-refractivity contribution in [3.05, 3.63) is 35.9 Å². The van der Waals surface area contributed by atoms with Crippen LogP contribution < -0.4 is 0 Å². The van der Waals surface area contributed by atoms with Gasteiger partial charge in [0.15, 0.2) is 0 Å². The number of aliphatic hydroxyl groups excluding tert-OH is 1. The number of rotatable bonds is 3. The Morgan fingerprint density at radius 1 is 1.39 bits per heavy atom. The van der Waals surface area contributed by atoms with Crippen LogP contribution in [-0.4, -0.2) is 29.1 Å². The van der Waals surface area contributed by atoms with Gasteiger partial charge in [-0.25, -0.2) is 0 Å². The first-order chi connectivity index (χ1) is 8.48. The van der Waals surface area contributed by atoms with Gasteiger partial charge in [0.2, 0.25) is 5.91 Å². The molecule has 1 aliphatic heterocycles. The van der Waals surface area contributed by atoms with Crippen LogP contribution in [0.2, 0.25) is 0 Å². The third-order valence-electron chi connectivity index (χ3n) is 4.22. The van der Waals surface area contributed by atoms with Crippen LogP contribution in [0.25, 0.3) is 0 Å². The number of benzene rings is 1. The van der Waals surface area contributed by atoms with E-state index in [2.05, 4.69) is 0 Å². The number of carbonyl (C=O) groups excluding carboxylic acids is 1. The van der Waals surface area contributed by atoms with Crippen molar-refractivity contribution in [2.75, 3.05) is 13.2 Å². The highest BCUT2D eigenvalue weighted by Crippen LogP contribution is 2.40. The van der Waals surface area contributed by atoms with Gasteiger partial charge in [-0.1, -0.05) is 44.2 Å². The van der Waals surface area contributed by atoms with Gasteiger partial charge in [-0.05, 0) is 12.5 Å². The molecule has 1 N–H and O–H groups in total. The lowest BCUT2D eigenvalue weighted by Crippen LogP contribution is -2.33. The number of aliphatic hydroxyl groups is 1. The summed E-state index contributed by atoms with van der Waals surface area (Å²) in [6.07, 6.45) is 0. The number of likely N-dealkylation sites (tertiary alicyclic amines) is 1. The molecule has 1 aromatic carbocycles. The van der Waals surface area contributed by atoms with Crippen LogP contribution in [0, 0.1) is 11.3 Å². The van der Waals surface area contributed by atoms with Crippen molar-refractivity contribution in [3.63, 3.8) is 0 Å². The van der Waals surface area contributed by atoms with E-state index in [-0.39, 0.29) is 24.5 Å². The van der Waals surface area contributed by atoms with Gasteiger partial charge in [0, 0.05) is 19.1 Å². The van der Waals surface area contributed by atoms with Crippen molar-refractivity contribution in [1.29, 1.82) is 0 Å². The summed E-state index contributed by atoms with van der Waals surface area (Å²) in [5, 5.41) is 9.41. The lowest BCUT2D eigenvalue weighted by molar-refractivity contribution is -0.137. The molecule has 1 heterocycles. The first kappa shape index (κ1) is 13.1. The Bertz CT molecular complexity index is 427. The van der Waals surface area contributed by atoms with E-state index in [0.29, 0.717) is 6.54 Å². The van der Waals surface area contributed by atoms with Crippen LogP contribution in [0.1, 0.15) is 32.4 Å². The Labute approximate surface area is 108 Å². The summed E-state index contributed by atoms with van der Waals surface area (Å²) in [6.45, 7) is 6.60. The summed E-state index contributed by atoms with van der Waals surface area (Å²) in [6, 6.07) is 10.1. The molecule has 0 aliphatic carbocycles. The Morgan fingerprint density at radius 2 is 2.00 bits per heavy atom. The molecule has 18 heavy (non-hydrogen) atoms. The molecule has 0 radical (unpaired) electrons. The van der Waals surface area contributed by atoms with Gasteiger partial charge < -0.3 is 10.0 Å². The maximum absolute atomic E-state index is 12.4. The van der Waals surface area contributed by atoms with Crippen LogP contribution in [0.3, 0.4) is 0 Å². The Hall–Kier alpha value is -1.35. The molecule has 0 aromatic heterocycles. The largest absolute Gasteiger partial charge is 0.396 e. The van der Waals surface area contributed by atoms with Crippen molar-refractivity contribution in [2.45, 2.75) is 26.8 Å². The van der Waals surface area contributed by atoms with E-state index >= 15 is 0 Å². The minimum Gasteiger partial charge on any atom is -0.396 e. The molecule has 1 aliphatic rings. The second-order valence-electron chi connectivity index (χ2n) is 5.65. The molecule has 98 valence electrons. The van der Waals surface area contributed by atoms with E-state index in [9.17, 15) is 9.90 Å². The van der Waals surface area contributed by atoms with Crippen LogP contribution in [-0.2, 0) is 4.79 Å². The van der Waals surface area contributed by atoms with Crippen molar-refractivity contribution < 1.29 is 9.90 Å². The second kappa shape index (κ2) is 4.73. The minimum atomic E-state index is -0.461. The predicted molar refractivity (Wildman–Crippen MR) is 70.9 cm³/mol. The highest BCUT2D eigenvalue weighted by atomic mass is 16.3. The van der Waals surface area contributed by atoms with E-state index < -0.39 is 5.41 Å². The molecule has 0 spiro atoms. The van der Waals surface area contributed by atoms with Crippen molar-refractivity contribution in [2.24, 2.45) is 11.3 Å². The molecule has 0 bridgehead atoms. The zero-order valence-corrected chi connectivity index (χ0v) is 11.3. The molecule has 1 aromatic rings. The fourth-order valence-corrected chi connectivity index (χ4v) is 2.62. The van der Waals surface area contributed by atoms with E-state index in [4.69, 9.17) is 0 Å². The normalized spacial score (nSPS) is 24.3. The standard InChI is InChI=1S/C15H21NO2/c1-11(12-7-5-4-6-8-12)16-9-13(10-17)15(2,3)14(16)18/h4-8,11,13,17H,9-10H2,1-3H3/t11-,13-/m1/s1. The molecule has 0 saturated carbocycles. The van der Waals surface area contributed by atoms with E-state index in [1.54, 1.807) is 0 Å². The van der Waals surface area contributed by atoms with Gasteiger partial charge in [-0.2, -0.15) is 0 Å². The third-order valence-corrected chi connectivity index (χ3v) is 4.22. The Balaban J connectivity index is 2.23. The van der Waals surface area contributed by atoms with E-state index in [1.807, 2.05) is 56.0 Å². The van der Waals surface area contributed by atoms with Gasteiger partial charge >= 0.3 is 0 Å². The molecule has 3 nitrogen and oxygen atoms in total. The maximum atomic E-state index is 12.4. The van der Waals surface area contributed by atoms with Crippen molar-refractivity contribution in [3.8, 4) is 0 Å². The quantitative estimate of drug-likeness (QED) is 0.889. The molecule has 0 unspecified atom stereocenters. The molecule has 1 amide bonds. The zero-order chi connectivity index (χ0) is 13.3. The Morgan fingerprint density at radius 3 is 2.50 bits per heavy atom. The lowest BCUT2D eigenvalue weighted by atomic mass is 9.82. The maximum Gasteiger partial charge on any atom is 0.229 e. The van der Waals surface area contributed by atoms with Gasteiger partial charge in [0.25, 0.3) is 0 Å². The number of nitrogens with zero attached hydrogens (tertiary/aromatic N) is 1. The smallest absolute Gasteiger partial charge is 0.229 e. The summed E-state index contributed by atoms with van der Waals surface area (Å²) in [5.41, 5.74) is 0.679. The molecule has 2 rings (SSSR count). The first-order valence-electron chi connectivity index (χ1n) is 6.45. The fourth-order valence-electron chi connectivity index (χ4n) is 2.62. The van der Waals surface area contributed by atoms with Crippen LogP contribution >= 0.6 is 0 Å². The second-order valence-corrected chi connectivity index (χ2v) is 5.65. The number of hydrogen-bond donors (Lipinski definition) is 1. The molecule has 2 atom stereocenters. The summed E-state index contributed by atoms with van der Waals surface area (Å²) in [4.78, 5) is 14.3. The highest BCUT2D eigenvalue weighted by Gasteiger charge is 2.48. The highest BCUT2D eigenvalue weighted by molar-refractivity contribution is 5.85. The minimum absolute atomic E-state index is 0.0242. The third kappa shape index (κ3) is 2.03. The number of amides is 1. The lowest BCUT2D eigenvalue weighted by Gasteiger charge is -2.26. The molecule has 3 heteroatoms. The van der Waals surface area contributed by atoms with Gasteiger partial charge in [-0.15, -0.1) is 0 Å². The average molecular weight is 247 g/mol. The van der Waals surface area contributed by atoms with Gasteiger partial charge in [-0.3, -0.25) is 4.79 Å². The monoisotopic (exact) mass is 247 g/mol. The number of hydrogen-bond acceptors (Lipinski definition) is 2. The first-order valence-corrected chi connectivity index (χ1v) is 6.45. The number of carbonyl (C=O) groups is 1. The van der Waals surface area contributed by atoms with Crippen molar-refractivity contribution >= 4 is 5.91 Å². The summed E-state index contributed by atoms with van der Waals surface area (Å²) in [5.74, 6) is 0.161. The van der Waals surface area contributed by atoms with Gasteiger partial charge in [0.05, 0.1) is 11.5 Å². The molecule has 1 fully saturated rings. The fraction of sp³-hybridized carbons (Fsp3) is 0.533. The summed E-state index contributed by atoms with van der Waals surface area (Å²) < 4.78 is 0. The topological polar surface area (TPSA) is 40.5 Å². The van der Waals surface area contributed by atoms with Gasteiger partial charge in [0.1, 0.15) is 0 Å². The molecular formula is C15H21NO2. The van der Waals surface area contributed by atoms with Crippen LogP contribution in [0.15, 0.2) is 30.3 Å². The van der Waals surface area contributed by atoms with E-state index in [1.165, 1.54) is 0 Å². The SMILES string of the molecule is C[C@H](c1ccccc1)N1C[C@H](CO)C(C)(C)C1=O.